The maximum Gasteiger partial charge on any atom is 0.125 e. The highest BCUT2D eigenvalue weighted by Gasteiger charge is 2.09. The fourth-order valence-corrected chi connectivity index (χ4v) is 1.98. The Hall–Kier alpha value is -1.58. The highest BCUT2D eigenvalue weighted by atomic mass is 35.5. The van der Waals surface area contributed by atoms with Gasteiger partial charge in [-0.15, -0.1) is 0 Å². The summed E-state index contributed by atoms with van der Waals surface area (Å²) in [6, 6.07) is 9.18. The topological polar surface area (TPSA) is 42.4 Å². The van der Waals surface area contributed by atoms with Gasteiger partial charge in [0, 0.05) is 29.4 Å². The molecule has 1 atom stereocenters. The quantitative estimate of drug-likeness (QED) is 0.911. The van der Waals surface area contributed by atoms with Crippen LogP contribution in [0.15, 0.2) is 42.7 Å². The molecule has 19 heavy (non-hydrogen) atoms. The molecule has 0 spiro atoms. The first kappa shape index (κ1) is 13.8. The smallest absolute Gasteiger partial charge is 0.125 e. The molecule has 0 saturated heterocycles. The Labute approximate surface area is 117 Å². The monoisotopic (exact) mass is 277 g/mol. The van der Waals surface area contributed by atoms with Crippen molar-refractivity contribution in [2.24, 2.45) is 0 Å². The third-order valence-electron chi connectivity index (χ3n) is 2.79. The molecule has 1 aromatic heterocycles. The van der Waals surface area contributed by atoms with Gasteiger partial charge >= 0.3 is 0 Å². The number of halogens is 1. The number of rotatable bonds is 5. The van der Waals surface area contributed by atoms with Crippen molar-refractivity contribution in [2.45, 2.75) is 19.4 Å². The van der Waals surface area contributed by atoms with E-state index >= 15 is 0 Å². The molecule has 2 rings (SSSR count). The van der Waals surface area contributed by atoms with Crippen LogP contribution in [0.4, 0.5) is 0 Å². The van der Waals surface area contributed by atoms with Gasteiger partial charge in [-0.3, -0.25) is 4.98 Å². The van der Waals surface area contributed by atoms with Gasteiger partial charge in [-0.25, -0.2) is 0 Å². The molecule has 0 amide bonds. The van der Waals surface area contributed by atoms with Gasteiger partial charge in [0.1, 0.15) is 5.75 Å². The van der Waals surface area contributed by atoms with Crippen molar-refractivity contribution >= 4 is 11.6 Å². The van der Waals surface area contributed by atoms with Gasteiger partial charge in [-0.2, -0.15) is 0 Å². The molecule has 4 heteroatoms. The van der Waals surface area contributed by atoms with Crippen LogP contribution in [0.3, 0.4) is 0 Å². The second-order valence-electron chi connectivity index (χ2n) is 4.32. The van der Waals surface area contributed by atoms with E-state index in [-0.39, 0.29) is 0 Å². The van der Waals surface area contributed by atoms with Gasteiger partial charge in [-0.05, 0) is 36.8 Å². The predicted molar refractivity (Wildman–Crippen MR) is 75.5 cm³/mol. The number of ether oxygens (including phenoxy) is 1. The molecule has 0 saturated carbocycles. The largest absolute Gasteiger partial charge is 0.493 e. The molecule has 1 N–H and O–H groups in total. The normalized spacial score (nSPS) is 12.2. The molecule has 0 radical (unpaired) electrons. The Morgan fingerprint density at radius 2 is 2.21 bits per heavy atom. The molecule has 1 heterocycles. The van der Waals surface area contributed by atoms with Crippen molar-refractivity contribution in [1.29, 1.82) is 0 Å². The predicted octanol–water partition coefficient (Wildman–Crippen LogP) is 3.41. The summed E-state index contributed by atoms with van der Waals surface area (Å²) in [5, 5.41) is 10.3. The second-order valence-corrected chi connectivity index (χ2v) is 4.75. The number of benzene rings is 1. The minimum Gasteiger partial charge on any atom is -0.493 e. The third kappa shape index (κ3) is 3.94. The summed E-state index contributed by atoms with van der Waals surface area (Å²) >= 11 is 5.92. The number of hydrogen-bond acceptors (Lipinski definition) is 3. The number of hydrogen-bond donors (Lipinski definition) is 1. The number of nitrogens with zero attached hydrogens (tertiary/aromatic N) is 1. The zero-order valence-electron chi connectivity index (χ0n) is 10.7. The van der Waals surface area contributed by atoms with Gasteiger partial charge in [0.15, 0.2) is 0 Å². The molecule has 3 nitrogen and oxygen atoms in total. The van der Waals surface area contributed by atoms with E-state index < -0.39 is 6.10 Å². The highest BCUT2D eigenvalue weighted by molar-refractivity contribution is 6.30. The van der Waals surface area contributed by atoms with Gasteiger partial charge in [-0.1, -0.05) is 17.7 Å². The van der Waals surface area contributed by atoms with Crippen molar-refractivity contribution in [2.75, 3.05) is 6.61 Å². The van der Waals surface area contributed by atoms with E-state index in [2.05, 4.69) is 4.98 Å². The molecular formula is C15H16ClNO2. The SMILES string of the molecule is C[C@@H](O)c1cc(Cl)ccc1OCCc1cccnc1. The molecule has 0 aliphatic heterocycles. The van der Waals surface area contributed by atoms with Crippen molar-refractivity contribution in [1.82, 2.24) is 4.98 Å². The molecule has 0 bridgehead atoms. The molecular weight excluding hydrogens is 262 g/mol. The lowest BCUT2D eigenvalue weighted by molar-refractivity contribution is 0.191. The van der Waals surface area contributed by atoms with Crippen LogP contribution in [0.25, 0.3) is 0 Å². The van der Waals surface area contributed by atoms with Gasteiger partial charge in [0.2, 0.25) is 0 Å². The van der Waals surface area contributed by atoms with E-state index in [4.69, 9.17) is 16.3 Å². The fraction of sp³-hybridized carbons (Fsp3) is 0.267. The first-order chi connectivity index (χ1) is 9.16. The zero-order chi connectivity index (χ0) is 13.7. The summed E-state index contributed by atoms with van der Waals surface area (Å²) in [5.41, 5.74) is 1.83. The van der Waals surface area contributed by atoms with Crippen molar-refractivity contribution in [3.8, 4) is 5.75 Å². The fourth-order valence-electron chi connectivity index (χ4n) is 1.80. The van der Waals surface area contributed by atoms with E-state index in [0.29, 0.717) is 22.9 Å². The Morgan fingerprint density at radius 1 is 1.37 bits per heavy atom. The Kier molecular flexibility index (Phi) is 4.77. The molecule has 2 aromatic rings. The van der Waals surface area contributed by atoms with Gasteiger partial charge < -0.3 is 9.84 Å². The summed E-state index contributed by atoms with van der Waals surface area (Å²) in [5.74, 6) is 0.670. The highest BCUT2D eigenvalue weighted by Crippen LogP contribution is 2.28. The summed E-state index contributed by atoms with van der Waals surface area (Å²) < 4.78 is 5.71. The molecule has 0 fully saturated rings. The summed E-state index contributed by atoms with van der Waals surface area (Å²) in [6.07, 6.45) is 3.73. The number of pyridine rings is 1. The Morgan fingerprint density at radius 3 is 2.89 bits per heavy atom. The lowest BCUT2D eigenvalue weighted by atomic mass is 10.1. The average Bonchev–Trinajstić information content (AvgIpc) is 2.41. The van der Waals surface area contributed by atoms with Crippen LogP contribution in [-0.2, 0) is 6.42 Å². The molecule has 0 aliphatic carbocycles. The summed E-state index contributed by atoms with van der Waals surface area (Å²) in [6.45, 7) is 2.23. The second kappa shape index (κ2) is 6.55. The van der Waals surface area contributed by atoms with Crippen molar-refractivity contribution in [3.05, 3.63) is 58.9 Å². The maximum absolute atomic E-state index is 9.70. The zero-order valence-corrected chi connectivity index (χ0v) is 11.5. The number of aromatic nitrogens is 1. The minimum atomic E-state index is -0.605. The van der Waals surface area contributed by atoms with Gasteiger partial charge in [0.05, 0.1) is 12.7 Å². The molecule has 0 aliphatic rings. The minimum absolute atomic E-state index is 0.535. The summed E-state index contributed by atoms with van der Waals surface area (Å²) in [7, 11) is 0. The molecule has 100 valence electrons. The summed E-state index contributed by atoms with van der Waals surface area (Å²) in [4.78, 5) is 4.05. The lowest BCUT2D eigenvalue weighted by Crippen LogP contribution is -2.05. The van der Waals surface area contributed by atoms with Crippen LogP contribution in [0.5, 0.6) is 5.75 Å². The average molecular weight is 278 g/mol. The van der Waals surface area contributed by atoms with Crippen LogP contribution >= 0.6 is 11.6 Å². The lowest BCUT2D eigenvalue weighted by Gasteiger charge is -2.13. The Bertz CT molecular complexity index is 529. The third-order valence-corrected chi connectivity index (χ3v) is 3.03. The van der Waals surface area contributed by atoms with Crippen LogP contribution in [0.2, 0.25) is 5.02 Å². The number of aliphatic hydroxyl groups excluding tert-OH is 1. The van der Waals surface area contributed by atoms with E-state index in [1.165, 1.54) is 0 Å². The van der Waals surface area contributed by atoms with E-state index in [9.17, 15) is 5.11 Å². The van der Waals surface area contributed by atoms with E-state index in [1.807, 2.05) is 18.3 Å². The standard InChI is InChI=1S/C15H16ClNO2/c1-11(18)14-9-13(16)4-5-15(14)19-8-6-12-3-2-7-17-10-12/h2-5,7,9-11,18H,6,8H2,1H3/t11-/m1/s1. The Balaban J connectivity index is 2.00. The van der Waals surface area contributed by atoms with Crippen molar-refractivity contribution < 1.29 is 9.84 Å². The molecule has 1 aromatic carbocycles. The molecule has 0 unspecified atom stereocenters. The van der Waals surface area contributed by atoms with Gasteiger partial charge in [0.25, 0.3) is 0 Å². The van der Waals surface area contributed by atoms with E-state index in [1.54, 1.807) is 31.3 Å². The first-order valence-corrected chi connectivity index (χ1v) is 6.54. The van der Waals surface area contributed by atoms with Crippen molar-refractivity contribution in [3.63, 3.8) is 0 Å². The van der Waals surface area contributed by atoms with E-state index in [0.717, 1.165) is 12.0 Å². The van der Waals surface area contributed by atoms with Crippen LogP contribution in [0.1, 0.15) is 24.2 Å². The van der Waals surface area contributed by atoms with Crippen LogP contribution < -0.4 is 4.74 Å². The first-order valence-electron chi connectivity index (χ1n) is 6.16. The van der Waals surface area contributed by atoms with Crippen LogP contribution in [0, 0.1) is 0 Å². The van der Waals surface area contributed by atoms with Crippen LogP contribution in [-0.4, -0.2) is 16.7 Å². The maximum atomic E-state index is 9.70. The number of aliphatic hydroxyl groups is 1.